The highest BCUT2D eigenvalue weighted by Gasteiger charge is 2.30. The van der Waals surface area contributed by atoms with Crippen LogP contribution in [0, 0.1) is 0 Å². The molecule has 4 heterocycles. The largest absolute Gasteiger partial charge is 0.416 e. The van der Waals surface area contributed by atoms with Crippen molar-refractivity contribution in [1.82, 2.24) is 19.3 Å². The molecule has 1 aromatic carbocycles. The van der Waals surface area contributed by atoms with Crippen molar-refractivity contribution >= 4 is 28.0 Å². The van der Waals surface area contributed by atoms with Gasteiger partial charge in [-0.05, 0) is 24.3 Å². The number of benzene rings is 1. The molecule has 1 saturated heterocycles. The highest BCUT2D eigenvalue weighted by Crippen LogP contribution is 2.32. The molecular weight excluding hydrogens is 467 g/mol. The van der Waals surface area contributed by atoms with Gasteiger partial charge in [0.05, 0.1) is 30.0 Å². The number of alkyl halides is 3. The van der Waals surface area contributed by atoms with Gasteiger partial charge in [-0.2, -0.15) is 13.2 Å². The molecule has 0 aliphatic carbocycles. The number of carbonyl (C=O) groups excluding carboxylic acids is 1. The van der Waals surface area contributed by atoms with Gasteiger partial charge in [0.1, 0.15) is 5.65 Å². The van der Waals surface area contributed by atoms with Gasteiger partial charge in [-0.1, -0.05) is 12.1 Å². The number of aromatic nitrogens is 3. The van der Waals surface area contributed by atoms with E-state index in [1.165, 1.54) is 17.4 Å². The van der Waals surface area contributed by atoms with Crippen molar-refractivity contribution in [3.8, 4) is 11.3 Å². The molecule has 0 saturated carbocycles. The molecule has 0 spiro atoms. The van der Waals surface area contributed by atoms with Crippen molar-refractivity contribution in [2.45, 2.75) is 12.7 Å². The summed E-state index contributed by atoms with van der Waals surface area (Å²) in [5.74, 6) is -0.390. The number of anilines is 1. The summed E-state index contributed by atoms with van der Waals surface area (Å²) >= 11 is 1.40. The van der Waals surface area contributed by atoms with E-state index in [-0.39, 0.29) is 5.91 Å². The van der Waals surface area contributed by atoms with Crippen LogP contribution in [0.25, 0.3) is 16.9 Å². The maximum atomic E-state index is 13.1. The predicted octanol–water partition coefficient (Wildman–Crippen LogP) is 4.56. The zero-order chi connectivity index (χ0) is 23.7. The third-order valence-electron chi connectivity index (χ3n) is 5.47. The summed E-state index contributed by atoms with van der Waals surface area (Å²) in [4.78, 5) is 25.0. The molecular formula is C23H20F3N5O2S. The molecule has 1 fully saturated rings. The molecule has 3 aromatic heterocycles. The van der Waals surface area contributed by atoms with Crippen molar-refractivity contribution in [1.29, 1.82) is 0 Å². The van der Waals surface area contributed by atoms with Crippen molar-refractivity contribution in [3.63, 3.8) is 0 Å². The van der Waals surface area contributed by atoms with E-state index in [1.807, 2.05) is 0 Å². The summed E-state index contributed by atoms with van der Waals surface area (Å²) in [5.41, 5.74) is 0.547. The molecule has 1 N–H and O–H groups in total. The van der Waals surface area contributed by atoms with Crippen LogP contribution < -0.4 is 5.32 Å². The van der Waals surface area contributed by atoms with Gasteiger partial charge in [0.15, 0.2) is 5.13 Å². The number of morpholine rings is 1. The van der Waals surface area contributed by atoms with Gasteiger partial charge in [0, 0.05) is 48.7 Å². The zero-order valence-corrected chi connectivity index (χ0v) is 18.7. The molecule has 1 amide bonds. The van der Waals surface area contributed by atoms with Crippen LogP contribution in [0.3, 0.4) is 0 Å². The molecule has 34 heavy (non-hydrogen) atoms. The number of nitrogens with zero attached hydrogens (tertiary/aromatic N) is 4. The van der Waals surface area contributed by atoms with E-state index in [0.717, 1.165) is 36.6 Å². The number of halogens is 3. The lowest BCUT2D eigenvalue weighted by Gasteiger charge is -2.25. The summed E-state index contributed by atoms with van der Waals surface area (Å²) in [7, 11) is 0. The molecule has 4 aromatic rings. The summed E-state index contributed by atoms with van der Waals surface area (Å²) in [6.45, 7) is 3.87. The molecule has 176 valence electrons. The Kier molecular flexibility index (Phi) is 6.07. The highest BCUT2D eigenvalue weighted by molar-refractivity contribution is 7.15. The molecule has 1 aliphatic heterocycles. The van der Waals surface area contributed by atoms with Gasteiger partial charge in [0.2, 0.25) is 0 Å². The number of hydrogen-bond acceptors (Lipinski definition) is 6. The van der Waals surface area contributed by atoms with Crippen LogP contribution in [0.15, 0.2) is 55.0 Å². The van der Waals surface area contributed by atoms with Crippen LogP contribution in [0.2, 0.25) is 0 Å². The molecule has 0 radical (unpaired) electrons. The van der Waals surface area contributed by atoms with E-state index in [1.54, 1.807) is 41.2 Å². The number of nitrogens with one attached hydrogen (secondary N) is 1. The van der Waals surface area contributed by atoms with Crippen molar-refractivity contribution < 1.29 is 22.7 Å². The minimum atomic E-state index is -4.45. The lowest BCUT2D eigenvalue weighted by Crippen LogP contribution is -2.35. The second kappa shape index (κ2) is 9.16. The second-order valence-electron chi connectivity index (χ2n) is 7.83. The Labute approximate surface area is 196 Å². The van der Waals surface area contributed by atoms with Gasteiger partial charge in [-0.15, -0.1) is 11.3 Å². The quantitative estimate of drug-likeness (QED) is 0.447. The van der Waals surface area contributed by atoms with Gasteiger partial charge in [0.25, 0.3) is 5.91 Å². The molecule has 5 rings (SSSR count). The number of rotatable bonds is 5. The number of pyridine rings is 1. The van der Waals surface area contributed by atoms with Gasteiger partial charge >= 0.3 is 6.18 Å². The maximum Gasteiger partial charge on any atom is 0.416 e. The Morgan fingerprint density at radius 1 is 1.18 bits per heavy atom. The fraction of sp³-hybridized carbons (Fsp3) is 0.261. The van der Waals surface area contributed by atoms with Crippen molar-refractivity contribution in [2.75, 3.05) is 31.6 Å². The zero-order valence-electron chi connectivity index (χ0n) is 17.9. The van der Waals surface area contributed by atoms with E-state index in [2.05, 4.69) is 20.2 Å². The van der Waals surface area contributed by atoms with Crippen LogP contribution in [-0.4, -0.2) is 51.5 Å². The average molecular weight is 488 g/mol. The lowest BCUT2D eigenvalue weighted by atomic mass is 10.1. The summed E-state index contributed by atoms with van der Waals surface area (Å²) < 4.78 is 46.3. The normalized spacial score (nSPS) is 15.0. The molecule has 11 heteroatoms. The number of thiazole rings is 1. The summed E-state index contributed by atoms with van der Waals surface area (Å²) in [5, 5.41) is 3.28. The smallest absolute Gasteiger partial charge is 0.379 e. The fourth-order valence-electron chi connectivity index (χ4n) is 3.77. The fourth-order valence-corrected chi connectivity index (χ4v) is 4.62. The van der Waals surface area contributed by atoms with Gasteiger partial charge < -0.3 is 9.14 Å². The van der Waals surface area contributed by atoms with E-state index >= 15 is 0 Å². The first-order valence-corrected chi connectivity index (χ1v) is 11.4. The molecule has 0 atom stereocenters. The van der Waals surface area contributed by atoms with E-state index in [9.17, 15) is 18.0 Å². The molecule has 0 bridgehead atoms. The van der Waals surface area contributed by atoms with Crippen LogP contribution in [0.1, 0.15) is 20.8 Å². The number of carbonyl (C=O) groups is 1. The van der Waals surface area contributed by atoms with Gasteiger partial charge in [-0.3, -0.25) is 15.0 Å². The molecule has 7 nitrogen and oxygen atoms in total. The number of imidazole rings is 1. The van der Waals surface area contributed by atoms with Crippen LogP contribution in [-0.2, 0) is 17.5 Å². The maximum absolute atomic E-state index is 13.1. The minimum Gasteiger partial charge on any atom is -0.379 e. The number of hydrogen-bond donors (Lipinski definition) is 1. The van der Waals surface area contributed by atoms with E-state index < -0.39 is 11.7 Å². The van der Waals surface area contributed by atoms with Crippen LogP contribution in [0.4, 0.5) is 18.3 Å². The first-order chi connectivity index (χ1) is 16.4. The third-order valence-corrected chi connectivity index (χ3v) is 6.37. The predicted molar refractivity (Wildman–Crippen MR) is 122 cm³/mol. The number of ether oxygens (including phenoxy) is 1. The Bertz CT molecular complexity index is 1330. The first-order valence-electron chi connectivity index (χ1n) is 10.6. The third kappa shape index (κ3) is 4.81. The summed E-state index contributed by atoms with van der Waals surface area (Å²) in [6, 6.07) is 8.27. The number of fused-ring (bicyclic) bond motifs is 1. The number of amides is 1. The first kappa shape index (κ1) is 22.5. The SMILES string of the molecule is O=C(Nc1ncc(CN2CCOCC2)s1)c1cccn2cc(-c3cccc(C(F)(F)F)c3)nc12. The summed E-state index contributed by atoms with van der Waals surface area (Å²) in [6.07, 6.45) is 0.595. The topological polar surface area (TPSA) is 71.8 Å². The molecule has 1 aliphatic rings. The van der Waals surface area contributed by atoms with Crippen LogP contribution >= 0.6 is 11.3 Å². The minimum absolute atomic E-state index is 0.297. The molecule has 0 unspecified atom stereocenters. The second-order valence-corrected chi connectivity index (χ2v) is 8.95. The standard InChI is InChI=1S/C23H20F3N5O2S/c24-23(25,26)16-4-1-3-15(11-16)19-14-31-6-2-5-18(20(31)28-19)21(32)29-22-27-12-17(34-22)13-30-7-9-33-10-8-30/h1-6,11-12,14H,7-10,13H2,(H,27,29,32). The van der Waals surface area contributed by atoms with Crippen molar-refractivity contribution in [3.05, 3.63) is 71.0 Å². The highest BCUT2D eigenvalue weighted by atomic mass is 32.1. The Balaban J connectivity index is 1.36. The van der Waals surface area contributed by atoms with Crippen LogP contribution in [0.5, 0.6) is 0 Å². The monoisotopic (exact) mass is 487 g/mol. The Morgan fingerprint density at radius 3 is 2.79 bits per heavy atom. The van der Waals surface area contributed by atoms with Crippen molar-refractivity contribution in [2.24, 2.45) is 0 Å². The van der Waals surface area contributed by atoms with E-state index in [4.69, 9.17) is 4.74 Å². The van der Waals surface area contributed by atoms with Gasteiger partial charge in [-0.25, -0.2) is 9.97 Å². The van der Waals surface area contributed by atoms with E-state index in [0.29, 0.717) is 40.8 Å². The Hall–Kier alpha value is -3.28. The average Bonchev–Trinajstić information content (AvgIpc) is 3.46. The lowest BCUT2D eigenvalue weighted by molar-refractivity contribution is -0.137. The Morgan fingerprint density at radius 2 is 2.00 bits per heavy atom.